The lowest BCUT2D eigenvalue weighted by Gasteiger charge is -2.11. The zero-order valence-corrected chi connectivity index (χ0v) is 13.2. The number of ether oxygens (including phenoxy) is 2. The van der Waals surface area contributed by atoms with E-state index in [1.165, 1.54) is 5.56 Å². The van der Waals surface area contributed by atoms with Crippen molar-refractivity contribution in [3.8, 4) is 11.5 Å². The van der Waals surface area contributed by atoms with Crippen LogP contribution in [0.2, 0.25) is 0 Å². The fraction of sp³-hybridized carbons (Fsp3) is 0.278. The van der Waals surface area contributed by atoms with E-state index < -0.39 is 0 Å². The van der Waals surface area contributed by atoms with E-state index in [0.717, 1.165) is 12.0 Å². The Bertz CT molecular complexity index is 635. The number of hydrogen-bond acceptors (Lipinski definition) is 3. The monoisotopic (exact) mass is 299 g/mol. The maximum absolute atomic E-state index is 12.2. The summed E-state index contributed by atoms with van der Waals surface area (Å²) in [7, 11) is 3.15. The number of carbonyl (C=O) groups is 1. The van der Waals surface area contributed by atoms with E-state index in [1.54, 1.807) is 32.4 Å². The van der Waals surface area contributed by atoms with Crippen molar-refractivity contribution in [1.82, 2.24) is 0 Å². The molecule has 1 amide bonds. The minimum atomic E-state index is -0.0762. The van der Waals surface area contributed by atoms with Crippen molar-refractivity contribution in [2.45, 2.75) is 19.8 Å². The van der Waals surface area contributed by atoms with Crippen LogP contribution >= 0.6 is 0 Å². The largest absolute Gasteiger partial charge is 0.497 e. The zero-order chi connectivity index (χ0) is 15.9. The highest BCUT2D eigenvalue weighted by molar-refractivity contribution is 5.93. The molecule has 22 heavy (non-hydrogen) atoms. The quantitative estimate of drug-likeness (QED) is 0.888. The zero-order valence-electron chi connectivity index (χ0n) is 13.2. The van der Waals surface area contributed by atoms with Gasteiger partial charge in [0.25, 0.3) is 0 Å². The predicted molar refractivity (Wildman–Crippen MR) is 87.7 cm³/mol. The van der Waals surface area contributed by atoms with Crippen LogP contribution < -0.4 is 14.8 Å². The van der Waals surface area contributed by atoms with Crippen molar-refractivity contribution in [2.75, 3.05) is 19.5 Å². The number of carbonyl (C=O) groups excluding carboxylic acids is 1. The third-order valence-electron chi connectivity index (χ3n) is 3.48. The van der Waals surface area contributed by atoms with Crippen molar-refractivity contribution in [3.63, 3.8) is 0 Å². The van der Waals surface area contributed by atoms with Gasteiger partial charge in [-0.05, 0) is 29.7 Å². The average molecular weight is 299 g/mol. The van der Waals surface area contributed by atoms with Gasteiger partial charge in [0.15, 0.2) is 0 Å². The highest BCUT2D eigenvalue weighted by Crippen LogP contribution is 2.29. The molecule has 0 spiro atoms. The van der Waals surface area contributed by atoms with Crippen molar-refractivity contribution in [3.05, 3.63) is 53.6 Å². The van der Waals surface area contributed by atoms with E-state index in [0.29, 0.717) is 23.6 Å². The molecule has 0 saturated heterocycles. The van der Waals surface area contributed by atoms with Crippen LogP contribution in [-0.2, 0) is 17.6 Å². The summed E-state index contributed by atoms with van der Waals surface area (Å²) < 4.78 is 10.4. The highest BCUT2D eigenvalue weighted by atomic mass is 16.5. The first kappa shape index (κ1) is 15.9. The van der Waals surface area contributed by atoms with Gasteiger partial charge in [0.05, 0.1) is 26.3 Å². The summed E-state index contributed by atoms with van der Waals surface area (Å²) in [5.74, 6) is 1.19. The van der Waals surface area contributed by atoms with Gasteiger partial charge in [0.1, 0.15) is 11.5 Å². The van der Waals surface area contributed by atoms with Crippen LogP contribution in [-0.4, -0.2) is 20.1 Å². The Kier molecular flexibility index (Phi) is 5.42. The van der Waals surface area contributed by atoms with Crippen LogP contribution in [0.1, 0.15) is 18.1 Å². The fourth-order valence-corrected chi connectivity index (χ4v) is 2.17. The molecule has 2 aromatic carbocycles. The second-order valence-electron chi connectivity index (χ2n) is 4.96. The molecule has 0 radical (unpaired) electrons. The lowest BCUT2D eigenvalue weighted by Crippen LogP contribution is -2.15. The number of methoxy groups -OCH3 is 2. The molecular formula is C18H21NO3. The normalized spacial score (nSPS) is 10.1. The van der Waals surface area contributed by atoms with Gasteiger partial charge in [-0.25, -0.2) is 0 Å². The molecule has 4 heteroatoms. The minimum absolute atomic E-state index is 0.0762. The summed E-state index contributed by atoms with van der Waals surface area (Å²) in [6, 6.07) is 13.4. The van der Waals surface area contributed by atoms with E-state index in [2.05, 4.69) is 24.4 Å². The van der Waals surface area contributed by atoms with E-state index in [-0.39, 0.29) is 5.91 Å². The Labute approximate surface area is 131 Å². The van der Waals surface area contributed by atoms with Gasteiger partial charge in [-0.15, -0.1) is 0 Å². The Hall–Kier alpha value is -2.49. The molecule has 0 fully saturated rings. The van der Waals surface area contributed by atoms with E-state index >= 15 is 0 Å². The average Bonchev–Trinajstić information content (AvgIpc) is 2.55. The number of amides is 1. The SMILES string of the molecule is CCc1ccc(CC(=O)Nc2ccc(OC)cc2OC)cc1. The number of aryl methyl sites for hydroxylation is 1. The second-order valence-corrected chi connectivity index (χ2v) is 4.96. The molecule has 116 valence electrons. The molecule has 1 N–H and O–H groups in total. The van der Waals surface area contributed by atoms with Gasteiger partial charge in [-0.3, -0.25) is 4.79 Å². The fourth-order valence-electron chi connectivity index (χ4n) is 2.17. The minimum Gasteiger partial charge on any atom is -0.497 e. The number of benzene rings is 2. The molecular weight excluding hydrogens is 278 g/mol. The molecule has 0 aliphatic heterocycles. The molecule has 0 bridgehead atoms. The second kappa shape index (κ2) is 7.50. The summed E-state index contributed by atoms with van der Waals surface area (Å²) in [5.41, 5.74) is 2.89. The first-order valence-electron chi connectivity index (χ1n) is 7.26. The number of anilines is 1. The van der Waals surface area contributed by atoms with Gasteiger partial charge >= 0.3 is 0 Å². The first-order valence-corrected chi connectivity index (χ1v) is 7.26. The van der Waals surface area contributed by atoms with Crippen LogP contribution in [0, 0.1) is 0 Å². The Morgan fingerprint density at radius 3 is 2.27 bits per heavy atom. The Morgan fingerprint density at radius 2 is 1.68 bits per heavy atom. The van der Waals surface area contributed by atoms with Crippen LogP contribution in [0.5, 0.6) is 11.5 Å². The summed E-state index contributed by atoms with van der Waals surface area (Å²) in [4.78, 5) is 12.2. The van der Waals surface area contributed by atoms with Gasteiger partial charge in [0.2, 0.25) is 5.91 Å². The standard InChI is InChI=1S/C18H21NO3/c1-4-13-5-7-14(8-6-13)11-18(20)19-16-10-9-15(21-2)12-17(16)22-3/h5-10,12H,4,11H2,1-3H3,(H,19,20). The Balaban J connectivity index is 2.04. The van der Waals surface area contributed by atoms with Crippen molar-refractivity contribution in [2.24, 2.45) is 0 Å². The van der Waals surface area contributed by atoms with Gasteiger partial charge < -0.3 is 14.8 Å². The summed E-state index contributed by atoms with van der Waals surface area (Å²) in [6.45, 7) is 2.11. The molecule has 0 atom stereocenters. The van der Waals surface area contributed by atoms with Gasteiger partial charge in [-0.1, -0.05) is 31.2 Å². The molecule has 2 aromatic rings. The summed E-state index contributed by atoms with van der Waals surface area (Å²) in [6.07, 6.45) is 1.33. The van der Waals surface area contributed by atoms with Crippen molar-refractivity contribution in [1.29, 1.82) is 0 Å². The molecule has 4 nitrogen and oxygen atoms in total. The van der Waals surface area contributed by atoms with Crippen LogP contribution in [0.15, 0.2) is 42.5 Å². The van der Waals surface area contributed by atoms with Crippen LogP contribution in [0.25, 0.3) is 0 Å². The molecule has 0 aliphatic carbocycles. The first-order chi connectivity index (χ1) is 10.7. The molecule has 0 unspecified atom stereocenters. The Morgan fingerprint density at radius 1 is 1.00 bits per heavy atom. The smallest absolute Gasteiger partial charge is 0.228 e. The molecule has 0 heterocycles. The third kappa shape index (κ3) is 4.01. The van der Waals surface area contributed by atoms with Gasteiger partial charge in [0, 0.05) is 6.07 Å². The van der Waals surface area contributed by atoms with Crippen LogP contribution in [0.3, 0.4) is 0 Å². The molecule has 2 rings (SSSR count). The maximum Gasteiger partial charge on any atom is 0.228 e. The topological polar surface area (TPSA) is 47.6 Å². The molecule has 0 aliphatic rings. The summed E-state index contributed by atoms with van der Waals surface area (Å²) >= 11 is 0. The predicted octanol–water partition coefficient (Wildman–Crippen LogP) is 3.45. The number of rotatable bonds is 6. The highest BCUT2D eigenvalue weighted by Gasteiger charge is 2.09. The van der Waals surface area contributed by atoms with E-state index in [9.17, 15) is 4.79 Å². The van der Waals surface area contributed by atoms with Gasteiger partial charge in [-0.2, -0.15) is 0 Å². The van der Waals surface area contributed by atoms with E-state index in [4.69, 9.17) is 9.47 Å². The van der Waals surface area contributed by atoms with E-state index in [1.807, 2.05) is 12.1 Å². The lowest BCUT2D eigenvalue weighted by molar-refractivity contribution is -0.115. The van der Waals surface area contributed by atoms with Crippen molar-refractivity contribution >= 4 is 11.6 Å². The molecule has 0 saturated carbocycles. The third-order valence-corrected chi connectivity index (χ3v) is 3.48. The maximum atomic E-state index is 12.2. The summed E-state index contributed by atoms with van der Waals surface area (Å²) in [5, 5.41) is 2.87. The van der Waals surface area contributed by atoms with Crippen LogP contribution in [0.4, 0.5) is 5.69 Å². The lowest BCUT2D eigenvalue weighted by atomic mass is 10.1. The molecule has 0 aromatic heterocycles. The number of hydrogen-bond donors (Lipinski definition) is 1. The number of nitrogens with one attached hydrogen (secondary N) is 1. The van der Waals surface area contributed by atoms with Crippen molar-refractivity contribution < 1.29 is 14.3 Å².